The van der Waals surface area contributed by atoms with Crippen LogP contribution in [0.4, 0.5) is 8.78 Å². The molecule has 3 nitrogen and oxygen atoms in total. The van der Waals surface area contributed by atoms with Crippen LogP contribution in [0.5, 0.6) is 0 Å². The monoisotopic (exact) mass is 279 g/mol. The molecular formula is C15H15F2NO2. The Labute approximate surface area is 114 Å². The summed E-state index contributed by atoms with van der Waals surface area (Å²) in [6.07, 6.45) is -0.320. The summed E-state index contributed by atoms with van der Waals surface area (Å²) in [5.74, 6) is -3.97. The predicted molar refractivity (Wildman–Crippen MR) is 71.1 cm³/mol. The fraction of sp³-hybridized carbons (Fsp3) is 0.400. The third-order valence-electron chi connectivity index (χ3n) is 4.38. The molecular weight excluding hydrogens is 264 g/mol. The Balaban J connectivity index is 2.13. The molecule has 2 heterocycles. The minimum Gasteiger partial charge on any atom is -0.481 e. The van der Waals surface area contributed by atoms with Gasteiger partial charge in [0.2, 0.25) is 0 Å². The smallest absolute Gasteiger partial charge is 0.303 e. The molecule has 0 aliphatic carbocycles. The Morgan fingerprint density at radius 2 is 2.10 bits per heavy atom. The zero-order valence-electron chi connectivity index (χ0n) is 11.1. The highest BCUT2D eigenvalue weighted by molar-refractivity contribution is 5.82. The molecule has 0 radical (unpaired) electrons. The fourth-order valence-corrected chi connectivity index (χ4v) is 3.07. The van der Waals surface area contributed by atoms with E-state index in [0.29, 0.717) is 5.69 Å². The molecule has 1 aliphatic rings. The summed E-state index contributed by atoms with van der Waals surface area (Å²) < 4.78 is 30.4. The van der Waals surface area contributed by atoms with Crippen molar-refractivity contribution < 1.29 is 18.7 Å². The average molecular weight is 279 g/mol. The van der Waals surface area contributed by atoms with Crippen molar-refractivity contribution in [3.8, 4) is 0 Å². The fourth-order valence-electron chi connectivity index (χ4n) is 3.07. The van der Waals surface area contributed by atoms with E-state index >= 15 is 0 Å². The van der Waals surface area contributed by atoms with Crippen molar-refractivity contribution in [3.63, 3.8) is 0 Å². The van der Waals surface area contributed by atoms with Gasteiger partial charge in [0.1, 0.15) is 0 Å². The van der Waals surface area contributed by atoms with E-state index in [9.17, 15) is 13.6 Å². The van der Waals surface area contributed by atoms with Crippen LogP contribution in [0.2, 0.25) is 0 Å². The summed E-state index contributed by atoms with van der Waals surface area (Å²) in [5, 5.41) is 9.71. The van der Waals surface area contributed by atoms with Crippen LogP contribution in [0.25, 0.3) is 10.9 Å². The number of carboxylic acids is 1. The first-order valence-corrected chi connectivity index (χ1v) is 6.53. The summed E-state index contributed by atoms with van der Waals surface area (Å²) in [6.45, 7) is 1.08. The second-order valence-corrected chi connectivity index (χ2v) is 5.60. The van der Waals surface area contributed by atoms with Crippen molar-refractivity contribution in [2.24, 2.45) is 0 Å². The van der Waals surface area contributed by atoms with E-state index in [-0.39, 0.29) is 19.4 Å². The van der Waals surface area contributed by atoms with E-state index in [1.54, 1.807) is 10.6 Å². The third-order valence-corrected chi connectivity index (χ3v) is 4.38. The summed E-state index contributed by atoms with van der Waals surface area (Å²) >= 11 is 0. The van der Waals surface area contributed by atoms with Crippen LogP contribution in [0.15, 0.2) is 30.3 Å². The molecule has 0 spiro atoms. The zero-order valence-corrected chi connectivity index (χ0v) is 11.1. The second kappa shape index (κ2) is 4.04. The van der Waals surface area contributed by atoms with E-state index in [1.807, 2.05) is 24.3 Å². The van der Waals surface area contributed by atoms with Gasteiger partial charge in [-0.2, -0.15) is 0 Å². The number of para-hydroxylation sites is 1. The Bertz CT molecular complexity index is 692. The van der Waals surface area contributed by atoms with Crippen LogP contribution >= 0.6 is 0 Å². The molecule has 0 amide bonds. The zero-order chi connectivity index (χ0) is 14.5. The molecule has 1 unspecified atom stereocenters. The third kappa shape index (κ3) is 1.65. The van der Waals surface area contributed by atoms with Gasteiger partial charge in [-0.3, -0.25) is 4.79 Å². The molecule has 0 bridgehead atoms. The molecule has 3 rings (SSSR count). The van der Waals surface area contributed by atoms with Crippen molar-refractivity contribution >= 4 is 16.9 Å². The van der Waals surface area contributed by atoms with Gasteiger partial charge in [0.05, 0.1) is 12.0 Å². The maximum atomic E-state index is 14.4. The number of rotatable bonds is 3. The van der Waals surface area contributed by atoms with Crippen molar-refractivity contribution in [2.45, 2.75) is 37.6 Å². The summed E-state index contributed by atoms with van der Waals surface area (Å²) in [7, 11) is 0. The lowest BCUT2D eigenvalue weighted by molar-refractivity contribution is -0.138. The Morgan fingerprint density at radius 3 is 2.80 bits per heavy atom. The molecule has 1 aromatic carbocycles. The van der Waals surface area contributed by atoms with Gasteiger partial charge in [-0.25, -0.2) is 8.78 Å². The molecule has 1 N–H and O–H groups in total. The number of benzene rings is 1. The Hall–Kier alpha value is -1.91. The van der Waals surface area contributed by atoms with Gasteiger partial charge in [-0.15, -0.1) is 0 Å². The Kier molecular flexibility index (Phi) is 2.64. The number of aromatic nitrogens is 1. The molecule has 106 valence electrons. The first-order valence-electron chi connectivity index (χ1n) is 6.53. The molecule has 0 saturated heterocycles. The molecule has 20 heavy (non-hydrogen) atoms. The standard InChI is InChI=1S/C15H15F2NO2/c1-14(7-6-13(19)20)12-8-10-4-2-3-5-11(10)18(12)9-15(14,16)17/h2-5,8H,6-7,9H2,1H3,(H,19,20). The molecule has 0 saturated carbocycles. The molecule has 1 aromatic heterocycles. The number of carboxylic acid groups (broad SMARTS) is 1. The lowest BCUT2D eigenvalue weighted by Gasteiger charge is -2.30. The van der Waals surface area contributed by atoms with E-state index in [0.717, 1.165) is 10.9 Å². The summed E-state index contributed by atoms with van der Waals surface area (Å²) in [5.41, 5.74) is -0.115. The lowest BCUT2D eigenvalue weighted by atomic mass is 9.78. The Morgan fingerprint density at radius 1 is 1.40 bits per heavy atom. The topological polar surface area (TPSA) is 42.2 Å². The largest absolute Gasteiger partial charge is 0.481 e. The number of carbonyl (C=O) groups is 1. The molecule has 0 fully saturated rings. The minimum absolute atomic E-state index is 0.0638. The van der Waals surface area contributed by atoms with E-state index in [2.05, 4.69) is 0 Å². The van der Waals surface area contributed by atoms with Gasteiger partial charge in [0.15, 0.2) is 0 Å². The van der Waals surface area contributed by atoms with Crippen molar-refractivity contribution in [1.29, 1.82) is 0 Å². The first-order chi connectivity index (χ1) is 9.35. The van der Waals surface area contributed by atoms with Crippen molar-refractivity contribution in [2.75, 3.05) is 0 Å². The predicted octanol–water partition coefficient (Wildman–Crippen LogP) is 3.41. The van der Waals surface area contributed by atoms with Crippen LogP contribution in [0, 0.1) is 0 Å². The highest BCUT2D eigenvalue weighted by Crippen LogP contribution is 2.51. The van der Waals surface area contributed by atoms with Crippen LogP contribution in [-0.2, 0) is 16.8 Å². The highest BCUT2D eigenvalue weighted by Gasteiger charge is 2.57. The SMILES string of the molecule is CC1(CCC(=O)O)c2cc3ccccc3n2CC1(F)F. The average Bonchev–Trinajstić information content (AvgIpc) is 2.82. The highest BCUT2D eigenvalue weighted by atomic mass is 19.3. The molecule has 2 aromatic rings. The number of aliphatic carboxylic acids is 1. The van der Waals surface area contributed by atoms with E-state index in [1.165, 1.54) is 6.92 Å². The van der Waals surface area contributed by atoms with Crippen molar-refractivity contribution in [3.05, 3.63) is 36.0 Å². The van der Waals surface area contributed by atoms with Gasteiger partial charge in [-0.05, 0) is 30.9 Å². The van der Waals surface area contributed by atoms with Gasteiger partial charge in [0.25, 0.3) is 5.92 Å². The van der Waals surface area contributed by atoms with Crippen LogP contribution < -0.4 is 0 Å². The van der Waals surface area contributed by atoms with Crippen LogP contribution in [0.3, 0.4) is 0 Å². The van der Waals surface area contributed by atoms with Crippen molar-refractivity contribution in [1.82, 2.24) is 4.57 Å². The second-order valence-electron chi connectivity index (χ2n) is 5.60. The quantitative estimate of drug-likeness (QED) is 0.935. The lowest BCUT2D eigenvalue weighted by Crippen LogP contribution is -2.39. The van der Waals surface area contributed by atoms with Crippen LogP contribution in [-0.4, -0.2) is 21.6 Å². The summed E-state index contributed by atoms with van der Waals surface area (Å²) in [4.78, 5) is 10.7. The number of halogens is 2. The minimum atomic E-state index is -2.93. The summed E-state index contributed by atoms with van der Waals surface area (Å²) in [6, 6.07) is 9.15. The number of fused-ring (bicyclic) bond motifs is 3. The molecule has 1 atom stereocenters. The number of nitrogens with zero attached hydrogens (tertiary/aromatic N) is 1. The number of hydrogen-bond acceptors (Lipinski definition) is 1. The van der Waals surface area contributed by atoms with Gasteiger partial charge >= 0.3 is 5.97 Å². The van der Waals surface area contributed by atoms with Crippen LogP contribution in [0.1, 0.15) is 25.5 Å². The normalized spacial score (nSPS) is 23.9. The maximum absolute atomic E-state index is 14.4. The molecule has 5 heteroatoms. The number of alkyl halides is 2. The van der Waals surface area contributed by atoms with Gasteiger partial charge < -0.3 is 9.67 Å². The van der Waals surface area contributed by atoms with Gasteiger partial charge in [0, 0.05) is 17.6 Å². The van der Waals surface area contributed by atoms with Gasteiger partial charge in [-0.1, -0.05) is 18.2 Å². The maximum Gasteiger partial charge on any atom is 0.303 e. The van der Waals surface area contributed by atoms with E-state index < -0.39 is 17.3 Å². The number of hydrogen-bond donors (Lipinski definition) is 1. The first kappa shape index (κ1) is 13.1. The van der Waals surface area contributed by atoms with E-state index in [4.69, 9.17) is 5.11 Å². The molecule has 1 aliphatic heterocycles.